The molecule has 1 aromatic carbocycles. The Bertz CT molecular complexity index is 826. The largest absolute Gasteiger partial charge is 0.494 e. The maximum Gasteiger partial charge on any atom is 0.366 e. The molecule has 0 saturated carbocycles. The molecule has 1 atom stereocenters. The minimum atomic E-state index is -0.898. The van der Waals surface area contributed by atoms with Crippen molar-refractivity contribution in [3.05, 3.63) is 36.0 Å². The summed E-state index contributed by atoms with van der Waals surface area (Å²) in [6, 6.07) is 9.81. The lowest BCUT2D eigenvalue weighted by Crippen LogP contribution is -2.15. The molecule has 3 rings (SSSR count). The third-order valence-electron chi connectivity index (χ3n) is 3.76. The van der Waals surface area contributed by atoms with Crippen LogP contribution in [-0.2, 0) is 0 Å². The lowest BCUT2D eigenvalue weighted by atomic mass is 10.2. The summed E-state index contributed by atoms with van der Waals surface area (Å²) >= 11 is 2.39. The number of carboxylic acid groups (broad SMARTS) is 1. The van der Waals surface area contributed by atoms with Crippen LogP contribution < -0.4 is 4.74 Å². The molecule has 0 spiro atoms. The van der Waals surface area contributed by atoms with Crippen LogP contribution in [0.25, 0.3) is 10.9 Å². The van der Waals surface area contributed by atoms with Crippen molar-refractivity contribution in [2.75, 3.05) is 33.0 Å². The summed E-state index contributed by atoms with van der Waals surface area (Å²) in [6.07, 6.45) is 0.981. The molecule has 8 heteroatoms. The van der Waals surface area contributed by atoms with Crippen LogP contribution in [0.4, 0.5) is 4.79 Å². The average molecular weight is 392 g/mol. The van der Waals surface area contributed by atoms with Gasteiger partial charge >= 0.3 is 5.30 Å². The molecule has 2 aromatic rings. The van der Waals surface area contributed by atoms with Crippen molar-refractivity contribution in [2.45, 2.75) is 11.8 Å². The van der Waals surface area contributed by atoms with Gasteiger partial charge < -0.3 is 14.7 Å². The molecule has 1 N–H and O–H groups in total. The Morgan fingerprint density at radius 2 is 2.23 bits per heavy atom. The zero-order chi connectivity index (χ0) is 18.5. The van der Waals surface area contributed by atoms with Crippen molar-refractivity contribution < 1.29 is 14.6 Å². The van der Waals surface area contributed by atoms with E-state index in [1.54, 1.807) is 11.8 Å². The molecule has 1 aromatic heterocycles. The molecule has 0 fully saturated rings. The van der Waals surface area contributed by atoms with Crippen LogP contribution in [0.15, 0.2) is 35.3 Å². The molecule has 0 saturated heterocycles. The second-order valence-electron chi connectivity index (χ2n) is 6.14. The van der Waals surface area contributed by atoms with Crippen LogP contribution in [0.5, 0.6) is 5.75 Å². The Morgan fingerprint density at radius 3 is 3.00 bits per heavy atom. The van der Waals surface area contributed by atoms with Gasteiger partial charge in [0.05, 0.1) is 17.8 Å². The predicted molar refractivity (Wildman–Crippen MR) is 109 cm³/mol. The van der Waals surface area contributed by atoms with E-state index in [1.165, 1.54) is 0 Å². The highest BCUT2D eigenvalue weighted by Crippen LogP contribution is 2.30. The molecule has 0 radical (unpaired) electrons. The smallest absolute Gasteiger partial charge is 0.366 e. The Labute approximate surface area is 161 Å². The van der Waals surface area contributed by atoms with Crippen molar-refractivity contribution in [3.63, 3.8) is 0 Å². The van der Waals surface area contributed by atoms with E-state index < -0.39 is 5.30 Å². The molecule has 1 unspecified atom stereocenters. The van der Waals surface area contributed by atoms with Crippen LogP contribution in [-0.4, -0.2) is 63.7 Å². The fourth-order valence-electron chi connectivity index (χ4n) is 2.56. The molecule has 0 amide bonds. The molecule has 26 heavy (non-hydrogen) atoms. The van der Waals surface area contributed by atoms with Crippen molar-refractivity contribution in [2.24, 2.45) is 4.99 Å². The van der Waals surface area contributed by atoms with Gasteiger partial charge in [-0.1, -0.05) is 6.07 Å². The van der Waals surface area contributed by atoms with E-state index in [-0.39, 0.29) is 5.37 Å². The van der Waals surface area contributed by atoms with Crippen molar-refractivity contribution in [3.8, 4) is 5.75 Å². The van der Waals surface area contributed by atoms with Gasteiger partial charge in [0.15, 0.2) is 0 Å². The topological polar surface area (TPSA) is 75.0 Å². The Balaban J connectivity index is 1.68. The molecule has 1 aliphatic heterocycles. The minimum Gasteiger partial charge on any atom is -0.494 e. The van der Waals surface area contributed by atoms with E-state index in [9.17, 15) is 4.79 Å². The number of thioether (sulfide) groups is 2. The molecular formula is C18H21N3O3S2. The quantitative estimate of drug-likeness (QED) is 0.720. The second kappa shape index (κ2) is 8.75. The van der Waals surface area contributed by atoms with Gasteiger partial charge in [0.2, 0.25) is 0 Å². The number of aromatic nitrogens is 1. The van der Waals surface area contributed by atoms with Crippen LogP contribution in [0.3, 0.4) is 0 Å². The normalized spacial score (nSPS) is 16.9. The maximum absolute atomic E-state index is 10.8. The number of carbonyl (C=O) groups is 1. The number of hydrogen-bond acceptors (Lipinski definition) is 7. The number of nitrogens with zero attached hydrogens (tertiary/aromatic N) is 3. The summed E-state index contributed by atoms with van der Waals surface area (Å²) in [5.74, 6) is 1.50. The number of benzene rings is 1. The van der Waals surface area contributed by atoms with Gasteiger partial charge in [-0.3, -0.25) is 4.99 Å². The first-order chi connectivity index (χ1) is 12.5. The fourth-order valence-corrected chi connectivity index (χ4v) is 4.33. The first-order valence-electron chi connectivity index (χ1n) is 8.30. The highest BCUT2D eigenvalue weighted by molar-refractivity contribution is 8.18. The Morgan fingerprint density at radius 1 is 1.38 bits per heavy atom. The van der Waals surface area contributed by atoms with Gasteiger partial charge in [-0.25, -0.2) is 9.78 Å². The summed E-state index contributed by atoms with van der Waals surface area (Å²) in [6.45, 7) is 1.69. The van der Waals surface area contributed by atoms with E-state index in [1.807, 2.05) is 30.3 Å². The SMILES string of the molecule is CN(C)CCCOc1ccc2nc(C3=NC(SC(=O)O)CS3)ccc2c1. The van der Waals surface area contributed by atoms with E-state index in [0.717, 1.165) is 52.1 Å². The van der Waals surface area contributed by atoms with Crippen LogP contribution in [0.1, 0.15) is 12.1 Å². The second-order valence-corrected chi connectivity index (χ2v) is 8.28. The number of rotatable bonds is 7. The van der Waals surface area contributed by atoms with Gasteiger partial charge in [-0.2, -0.15) is 0 Å². The maximum atomic E-state index is 10.8. The number of pyridine rings is 1. The number of ether oxygens (including phenoxy) is 1. The number of aliphatic imine (C=N–C) groups is 1. The highest BCUT2D eigenvalue weighted by Gasteiger charge is 2.23. The van der Waals surface area contributed by atoms with Crippen LogP contribution >= 0.6 is 23.5 Å². The van der Waals surface area contributed by atoms with E-state index in [2.05, 4.69) is 29.0 Å². The van der Waals surface area contributed by atoms with Gasteiger partial charge in [0.25, 0.3) is 0 Å². The van der Waals surface area contributed by atoms with Gasteiger partial charge in [0, 0.05) is 17.7 Å². The standard InChI is InChI=1S/C18H21N3O3S2/c1-21(2)8-3-9-24-13-5-7-14-12(10-13)4-6-15(19-14)17-20-16(11-25-17)26-18(22)23/h4-7,10,16H,3,8-9,11H2,1-2H3,(H,22,23). The van der Waals surface area contributed by atoms with Crippen molar-refractivity contribution in [1.29, 1.82) is 0 Å². The monoisotopic (exact) mass is 391 g/mol. The Kier molecular flexibility index (Phi) is 6.39. The Hall–Kier alpha value is -1.77. The molecule has 138 valence electrons. The van der Waals surface area contributed by atoms with E-state index in [0.29, 0.717) is 12.4 Å². The summed E-state index contributed by atoms with van der Waals surface area (Å²) < 4.78 is 5.80. The minimum absolute atomic E-state index is 0.247. The highest BCUT2D eigenvalue weighted by atomic mass is 32.2. The zero-order valence-electron chi connectivity index (χ0n) is 14.7. The van der Waals surface area contributed by atoms with Crippen molar-refractivity contribution >= 4 is 44.8 Å². The van der Waals surface area contributed by atoms with Gasteiger partial charge in [-0.15, -0.1) is 11.8 Å². The molecule has 2 heterocycles. The number of fused-ring (bicyclic) bond motifs is 1. The third kappa shape index (κ3) is 5.12. The lowest BCUT2D eigenvalue weighted by Gasteiger charge is -2.11. The predicted octanol–water partition coefficient (Wildman–Crippen LogP) is 3.80. The third-order valence-corrected chi connectivity index (χ3v) is 5.79. The van der Waals surface area contributed by atoms with E-state index in [4.69, 9.17) is 9.84 Å². The summed E-state index contributed by atoms with van der Waals surface area (Å²) in [5, 5.41) is 9.53. The molecule has 0 bridgehead atoms. The van der Waals surface area contributed by atoms with E-state index >= 15 is 0 Å². The molecule has 1 aliphatic rings. The average Bonchev–Trinajstić information content (AvgIpc) is 3.05. The number of hydrogen-bond donors (Lipinski definition) is 1. The van der Waals surface area contributed by atoms with Crippen LogP contribution in [0, 0.1) is 0 Å². The summed E-state index contributed by atoms with van der Waals surface area (Å²) in [4.78, 5) is 22.0. The zero-order valence-corrected chi connectivity index (χ0v) is 16.3. The summed E-state index contributed by atoms with van der Waals surface area (Å²) in [5.41, 5.74) is 1.66. The van der Waals surface area contributed by atoms with Gasteiger partial charge in [-0.05, 0) is 56.5 Å². The molecule has 6 nitrogen and oxygen atoms in total. The molecular weight excluding hydrogens is 370 g/mol. The van der Waals surface area contributed by atoms with Gasteiger partial charge in [0.1, 0.15) is 16.2 Å². The van der Waals surface area contributed by atoms with Crippen molar-refractivity contribution in [1.82, 2.24) is 9.88 Å². The molecule has 0 aliphatic carbocycles. The summed E-state index contributed by atoms with van der Waals surface area (Å²) in [7, 11) is 4.10. The lowest BCUT2D eigenvalue weighted by molar-refractivity contribution is 0.222. The first-order valence-corrected chi connectivity index (χ1v) is 10.2. The van der Waals surface area contributed by atoms with Crippen LogP contribution in [0.2, 0.25) is 0 Å². The fraction of sp³-hybridized carbons (Fsp3) is 0.389. The first kappa shape index (κ1) is 19.0.